The van der Waals surface area contributed by atoms with Crippen molar-refractivity contribution in [2.75, 3.05) is 26.2 Å². The van der Waals surface area contributed by atoms with Crippen LogP contribution < -0.4 is 5.32 Å². The van der Waals surface area contributed by atoms with Gasteiger partial charge in [0, 0.05) is 31.7 Å². The SMILES string of the molecule is CCC(C)(C)NC(=O)[C@H](C)N1CCN([C@@H](C)C(F)(F)F)CC1. The van der Waals surface area contributed by atoms with Crippen LogP contribution in [0.15, 0.2) is 0 Å². The largest absolute Gasteiger partial charge is 0.403 e. The summed E-state index contributed by atoms with van der Waals surface area (Å²) in [6.45, 7) is 10.5. The predicted octanol–water partition coefficient (Wildman–Crippen LogP) is 2.25. The Kier molecular flexibility index (Phi) is 6.27. The molecular weight excluding hydrogens is 295 g/mol. The van der Waals surface area contributed by atoms with Crippen molar-refractivity contribution in [3.63, 3.8) is 0 Å². The number of alkyl halides is 3. The van der Waals surface area contributed by atoms with Gasteiger partial charge in [0.1, 0.15) is 6.04 Å². The molecule has 1 amide bonds. The molecule has 1 aliphatic heterocycles. The normalized spacial score (nSPS) is 21.5. The first-order valence-corrected chi connectivity index (χ1v) is 7.85. The lowest BCUT2D eigenvalue weighted by atomic mass is 10.0. The number of hydrogen-bond donors (Lipinski definition) is 1. The summed E-state index contributed by atoms with van der Waals surface area (Å²) in [6, 6.07) is -1.76. The number of halogens is 3. The highest BCUT2D eigenvalue weighted by atomic mass is 19.4. The van der Waals surface area contributed by atoms with Gasteiger partial charge in [0.2, 0.25) is 5.91 Å². The van der Waals surface area contributed by atoms with Crippen LogP contribution in [0.25, 0.3) is 0 Å². The minimum absolute atomic E-state index is 0.0656. The van der Waals surface area contributed by atoms with Crippen LogP contribution in [0.3, 0.4) is 0 Å². The Morgan fingerprint density at radius 2 is 1.55 bits per heavy atom. The van der Waals surface area contributed by atoms with Gasteiger partial charge >= 0.3 is 6.18 Å². The van der Waals surface area contributed by atoms with E-state index >= 15 is 0 Å². The minimum Gasteiger partial charge on any atom is -0.350 e. The van der Waals surface area contributed by atoms with Gasteiger partial charge in [0.05, 0.1) is 6.04 Å². The summed E-state index contributed by atoms with van der Waals surface area (Å²) in [5.74, 6) is -0.0656. The van der Waals surface area contributed by atoms with Crippen molar-refractivity contribution < 1.29 is 18.0 Å². The zero-order valence-corrected chi connectivity index (χ0v) is 14.1. The summed E-state index contributed by atoms with van der Waals surface area (Å²) in [4.78, 5) is 15.6. The second-order valence-corrected chi connectivity index (χ2v) is 6.69. The molecule has 1 N–H and O–H groups in total. The van der Waals surface area contributed by atoms with E-state index in [0.29, 0.717) is 26.2 Å². The quantitative estimate of drug-likeness (QED) is 0.843. The summed E-state index contributed by atoms with van der Waals surface area (Å²) in [5, 5.41) is 2.99. The molecule has 1 rings (SSSR count). The molecule has 22 heavy (non-hydrogen) atoms. The number of nitrogens with zero attached hydrogens (tertiary/aromatic N) is 2. The van der Waals surface area contributed by atoms with E-state index in [4.69, 9.17) is 0 Å². The number of hydrogen-bond acceptors (Lipinski definition) is 3. The van der Waals surface area contributed by atoms with Crippen LogP contribution in [0.2, 0.25) is 0 Å². The third-order valence-electron chi connectivity index (χ3n) is 4.64. The Labute approximate surface area is 131 Å². The van der Waals surface area contributed by atoms with Crippen molar-refractivity contribution in [3.05, 3.63) is 0 Å². The first-order valence-electron chi connectivity index (χ1n) is 7.85. The molecule has 4 nitrogen and oxygen atoms in total. The van der Waals surface area contributed by atoms with Crippen molar-refractivity contribution in [3.8, 4) is 0 Å². The average molecular weight is 323 g/mol. The number of carbonyl (C=O) groups is 1. The van der Waals surface area contributed by atoms with Gasteiger partial charge in [0.15, 0.2) is 0 Å². The lowest BCUT2D eigenvalue weighted by Crippen LogP contribution is -2.59. The van der Waals surface area contributed by atoms with Gasteiger partial charge in [-0.1, -0.05) is 6.92 Å². The second-order valence-electron chi connectivity index (χ2n) is 6.69. The summed E-state index contributed by atoms with van der Waals surface area (Å²) in [7, 11) is 0. The fourth-order valence-corrected chi connectivity index (χ4v) is 2.41. The summed E-state index contributed by atoms with van der Waals surface area (Å²) >= 11 is 0. The van der Waals surface area contributed by atoms with Crippen molar-refractivity contribution in [2.24, 2.45) is 0 Å². The van der Waals surface area contributed by atoms with E-state index in [1.807, 2.05) is 32.6 Å². The van der Waals surface area contributed by atoms with Gasteiger partial charge in [-0.2, -0.15) is 13.2 Å². The Balaban J connectivity index is 2.52. The van der Waals surface area contributed by atoms with E-state index < -0.39 is 12.2 Å². The van der Waals surface area contributed by atoms with Crippen molar-refractivity contribution in [1.82, 2.24) is 15.1 Å². The van der Waals surface area contributed by atoms with Crippen molar-refractivity contribution >= 4 is 5.91 Å². The summed E-state index contributed by atoms with van der Waals surface area (Å²) in [5.41, 5.74) is -0.266. The molecule has 0 radical (unpaired) electrons. The van der Waals surface area contributed by atoms with Gasteiger partial charge in [-0.05, 0) is 34.1 Å². The molecule has 0 spiro atoms. The molecule has 2 atom stereocenters. The molecule has 0 bridgehead atoms. The van der Waals surface area contributed by atoms with E-state index in [0.717, 1.165) is 6.42 Å². The highest BCUT2D eigenvalue weighted by Gasteiger charge is 2.41. The average Bonchev–Trinajstić information content (AvgIpc) is 2.44. The molecule has 1 saturated heterocycles. The first kappa shape index (κ1) is 19.2. The van der Waals surface area contributed by atoms with Crippen molar-refractivity contribution in [2.45, 2.75) is 64.8 Å². The van der Waals surface area contributed by atoms with Crippen LogP contribution in [-0.2, 0) is 4.79 Å². The van der Waals surface area contributed by atoms with Crippen LogP contribution in [0.5, 0.6) is 0 Å². The van der Waals surface area contributed by atoms with Crippen LogP contribution in [-0.4, -0.2) is 65.7 Å². The number of nitrogens with one attached hydrogen (secondary N) is 1. The topological polar surface area (TPSA) is 35.6 Å². The van der Waals surface area contributed by atoms with E-state index in [1.54, 1.807) is 0 Å². The van der Waals surface area contributed by atoms with Gasteiger partial charge in [0.25, 0.3) is 0 Å². The monoisotopic (exact) mass is 323 g/mol. The first-order chi connectivity index (χ1) is 9.98. The second kappa shape index (κ2) is 7.17. The fraction of sp³-hybridized carbons (Fsp3) is 0.933. The molecule has 0 aromatic carbocycles. The molecule has 1 heterocycles. The van der Waals surface area contributed by atoms with Crippen LogP contribution in [0, 0.1) is 0 Å². The lowest BCUT2D eigenvalue weighted by Gasteiger charge is -2.41. The molecule has 1 aliphatic rings. The van der Waals surface area contributed by atoms with E-state index in [-0.39, 0.29) is 17.5 Å². The van der Waals surface area contributed by atoms with Crippen LogP contribution >= 0.6 is 0 Å². The van der Waals surface area contributed by atoms with Gasteiger partial charge in [-0.25, -0.2) is 0 Å². The third kappa shape index (κ3) is 5.12. The molecule has 0 aliphatic carbocycles. The molecule has 0 aromatic rings. The summed E-state index contributed by atoms with van der Waals surface area (Å²) < 4.78 is 38.2. The zero-order valence-electron chi connectivity index (χ0n) is 14.1. The molecule has 130 valence electrons. The number of piperazine rings is 1. The predicted molar refractivity (Wildman–Crippen MR) is 80.6 cm³/mol. The molecule has 0 saturated carbocycles. The molecule has 7 heteroatoms. The van der Waals surface area contributed by atoms with Crippen molar-refractivity contribution in [1.29, 1.82) is 0 Å². The third-order valence-corrected chi connectivity index (χ3v) is 4.64. The molecule has 1 fully saturated rings. The summed E-state index contributed by atoms with van der Waals surface area (Å²) in [6.07, 6.45) is -3.38. The molecular formula is C15H28F3N3O. The number of carbonyl (C=O) groups excluding carboxylic acids is 1. The maximum Gasteiger partial charge on any atom is 0.403 e. The highest BCUT2D eigenvalue weighted by Crippen LogP contribution is 2.25. The molecule has 0 unspecified atom stereocenters. The van der Waals surface area contributed by atoms with Crippen LogP contribution in [0.4, 0.5) is 13.2 Å². The maximum atomic E-state index is 12.7. The van der Waals surface area contributed by atoms with Gasteiger partial charge in [-0.3, -0.25) is 14.6 Å². The molecule has 0 aromatic heterocycles. The van der Waals surface area contributed by atoms with Crippen LogP contribution in [0.1, 0.15) is 41.0 Å². The Morgan fingerprint density at radius 3 is 1.95 bits per heavy atom. The standard InChI is InChI=1S/C15H28F3N3O/c1-6-14(4,5)19-13(22)11(2)20-7-9-21(10-8-20)12(3)15(16,17)18/h11-12H,6-10H2,1-5H3,(H,19,22)/t11-,12-/m0/s1. The zero-order chi connectivity index (χ0) is 17.1. The van der Waals surface area contributed by atoms with Gasteiger partial charge in [-0.15, -0.1) is 0 Å². The number of amides is 1. The minimum atomic E-state index is -4.20. The fourth-order valence-electron chi connectivity index (χ4n) is 2.41. The Morgan fingerprint density at radius 1 is 1.09 bits per heavy atom. The lowest BCUT2D eigenvalue weighted by molar-refractivity contribution is -0.183. The number of rotatable bonds is 5. The van der Waals surface area contributed by atoms with E-state index in [1.165, 1.54) is 11.8 Å². The Bertz CT molecular complexity index is 377. The smallest absolute Gasteiger partial charge is 0.350 e. The maximum absolute atomic E-state index is 12.7. The van der Waals surface area contributed by atoms with Gasteiger partial charge < -0.3 is 5.32 Å². The Hall–Kier alpha value is -0.820. The highest BCUT2D eigenvalue weighted by molar-refractivity contribution is 5.82. The van der Waals surface area contributed by atoms with E-state index in [9.17, 15) is 18.0 Å². The van der Waals surface area contributed by atoms with E-state index in [2.05, 4.69) is 5.32 Å².